The van der Waals surface area contributed by atoms with Crippen LogP contribution in [0.15, 0.2) is 22.2 Å². The number of benzene rings is 1. The summed E-state index contributed by atoms with van der Waals surface area (Å²) in [6.07, 6.45) is 1.42. The number of ether oxygens (including phenoxy) is 3. The number of hydrogen-bond donors (Lipinski definition) is 0. The Balaban J connectivity index is 3.30. The normalized spacial score (nSPS) is 10.6. The SMILES string of the molecule is COC(=O)/C(C#N)=C\c1cc(Br)c(OC)c(OC)c1. The minimum atomic E-state index is -0.687. The summed E-state index contributed by atoms with van der Waals surface area (Å²) in [5.41, 5.74) is 0.521. The molecule has 0 unspecified atom stereocenters. The monoisotopic (exact) mass is 325 g/mol. The van der Waals surface area contributed by atoms with E-state index in [1.54, 1.807) is 18.2 Å². The molecule has 0 aromatic heterocycles. The lowest BCUT2D eigenvalue weighted by molar-refractivity contribution is -0.135. The smallest absolute Gasteiger partial charge is 0.348 e. The van der Waals surface area contributed by atoms with Crippen molar-refractivity contribution in [1.29, 1.82) is 5.26 Å². The number of methoxy groups -OCH3 is 3. The van der Waals surface area contributed by atoms with Crippen molar-refractivity contribution in [3.8, 4) is 17.6 Å². The Kier molecular flexibility index (Phi) is 5.39. The maximum atomic E-state index is 11.3. The molecular weight excluding hydrogens is 314 g/mol. The van der Waals surface area contributed by atoms with E-state index in [1.165, 1.54) is 27.4 Å². The molecule has 19 heavy (non-hydrogen) atoms. The van der Waals surface area contributed by atoms with Crippen LogP contribution in [0.2, 0.25) is 0 Å². The van der Waals surface area contributed by atoms with E-state index in [-0.39, 0.29) is 5.57 Å². The van der Waals surface area contributed by atoms with Gasteiger partial charge in [-0.3, -0.25) is 0 Å². The zero-order valence-corrected chi connectivity index (χ0v) is 12.3. The second-order valence-corrected chi connectivity index (χ2v) is 4.25. The molecule has 0 saturated carbocycles. The van der Waals surface area contributed by atoms with Crippen molar-refractivity contribution in [3.63, 3.8) is 0 Å². The summed E-state index contributed by atoms with van der Waals surface area (Å²) in [7, 11) is 4.24. The fourth-order valence-electron chi connectivity index (χ4n) is 1.43. The fraction of sp³-hybridized carbons (Fsp3) is 0.231. The lowest BCUT2D eigenvalue weighted by Crippen LogP contribution is -2.02. The second kappa shape index (κ2) is 6.81. The molecule has 0 bridgehead atoms. The summed E-state index contributed by atoms with van der Waals surface area (Å²) in [5, 5.41) is 8.90. The molecule has 0 spiro atoms. The Bertz CT molecular complexity index is 560. The number of carbonyl (C=O) groups is 1. The van der Waals surface area contributed by atoms with Crippen LogP contribution in [0.25, 0.3) is 6.08 Å². The molecule has 0 N–H and O–H groups in total. The molecule has 0 saturated heterocycles. The first kappa shape index (κ1) is 15.1. The maximum Gasteiger partial charge on any atom is 0.348 e. The van der Waals surface area contributed by atoms with Gasteiger partial charge in [-0.15, -0.1) is 0 Å². The molecule has 0 aliphatic carbocycles. The van der Waals surface area contributed by atoms with Gasteiger partial charge >= 0.3 is 5.97 Å². The predicted octanol–water partition coefficient (Wildman–Crippen LogP) is 2.55. The van der Waals surface area contributed by atoms with Gasteiger partial charge in [0.1, 0.15) is 11.6 Å². The van der Waals surface area contributed by atoms with Crippen LogP contribution in [0, 0.1) is 11.3 Å². The van der Waals surface area contributed by atoms with Crippen LogP contribution < -0.4 is 9.47 Å². The highest BCUT2D eigenvalue weighted by Gasteiger charge is 2.12. The third kappa shape index (κ3) is 3.48. The molecule has 0 aliphatic heterocycles. The number of halogens is 1. The zero-order chi connectivity index (χ0) is 14.4. The third-order valence-electron chi connectivity index (χ3n) is 2.29. The zero-order valence-electron chi connectivity index (χ0n) is 10.7. The molecule has 0 atom stereocenters. The molecule has 1 rings (SSSR count). The molecule has 0 fully saturated rings. The van der Waals surface area contributed by atoms with Crippen molar-refractivity contribution < 1.29 is 19.0 Å². The fourth-order valence-corrected chi connectivity index (χ4v) is 2.06. The predicted molar refractivity (Wildman–Crippen MR) is 72.9 cm³/mol. The van der Waals surface area contributed by atoms with E-state index in [0.29, 0.717) is 21.5 Å². The second-order valence-electron chi connectivity index (χ2n) is 3.40. The number of hydrogen-bond acceptors (Lipinski definition) is 5. The summed E-state index contributed by atoms with van der Waals surface area (Å²) >= 11 is 3.33. The molecule has 1 aromatic carbocycles. The van der Waals surface area contributed by atoms with Crippen LogP contribution in [0.3, 0.4) is 0 Å². The van der Waals surface area contributed by atoms with Gasteiger partial charge in [-0.1, -0.05) is 0 Å². The van der Waals surface area contributed by atoms with Gasteiger partial charge in [0.15, 0.2) is 11.5 Å². The Labute approximate surface area is 119 Å². The van der Waals surface area contributed by atoms with E-state index in [0.717, 1.165) is 0 Å². The summed E-state index contributed by atoms with van der Waals surface area (Å²) in [6, 6.07) is 5.15. The molecule has 1 aromatic rings. The number of nitriles is 1. The molecule has 6 heteroatoms. The highest BCUT2D eigenvalue weighted by molar-refractivity contribution is 9.10. The van der Waals surface area contributed by atoms with Crippen molar-refractivity contribution in [2.45, 2.75) is 0 Å². The van der Waals surface area contributed by atoms with E-state index in [4.69, 9.17) is 14.7 Å². The Morgan fingerprint density at radius 1 is 1.32 bits per heavy atom. The standard InChI is InChI=1S/C13H12BrNO4/c1-17-11-6-8(5-10(14)12(11)18-2)4-9(7-15)13(16)19-3/h4-6H,1-3H3/b9-4-. The van der Waals surface area contributed by atoms with Gasteiger partial charge < -0.3 is 14.2 Å². The van der Waals surface area contributed by atoms with Crippen molar-refractivity contribution in [2.24, 2.45) is 0 Å². The first-order valence-corrected chi connectivity index (χ1v) is 5.98. The van der Waals surface area contributed by atoms with Crippen LogP contribution in [-0.2, 0) is 9.53 Å². The summed E-state index contributed by atoms with van der Waals surface area (Å²) < 4.78 is 15.5. The third-order valence-corrected chi connectivity index (χ3v) is 2.88. The number of carbonyl (C=O) groups excluding carboxylic acids is 1. The average molecular weight is 326 g/mol. The van der Waals surface area contributed by atoms with Crippen molar-refractivity contribution >= 4 is 28.0 Å². The minimum absolute atomic E-state index is 0.0957. The van der Waals surface area contributed by atoms with E-state index in [1.807, 2.05) is 0 Å². The topological polar surface area (TPSA) is 68.6 Å². The number of nitrogens with zero attached hydrogens (tertiary/aromatic N) is 1. The van der Waals surface area contributed by atoms with Crippen molar-refractivity contribution in [3.05, 3.63) is 27.7 Å². The van der Waals surface area contributed by atoms with E-state index >= 15 is 0 Å². The van der Waals surface area contributed by atoms with Gasteiger partial charge in [0.05, 0.1) is 25.8 Å². The highest BCUT2D eigenvalue weighted by Crippen LogP contribution is 2.36. The van der Waals surface area contributed by atoms with Crippen molar-refractivity contribution in [2.75, 3.05) is 21.3 Å². The lowest BCUT2D eigenvalue weighted by atomic mass is 10.1. The molecular formula is C13H12BrNO4. The Morgan fingerprint density at radius 3 is 2.47 bits per heavy atom. The Morgan fingerprint density at radius 2 is 2.00 bits per heavy atom. The van der Waals surface area contributed by atoms with Gasteiger partial charge in [-0.05, 0) is 39.7 Å². The lowest BCUT2D eigenvalue weighted by Gasteiger charge is -2.10. The average Bonchev–Trinajstić information content (AvgIpc) is 2.43. The largest absolute Gasteiger partial charge is 0.493 e. The molecule has 0 heterocycles. The van der Waals surface area contributed by atoms with Crippen LogP contribution in [-0.4, -0.2) is 27.3 Å². The molecule has 0 radical (unpaired) electrons. The first-order chi connectivity index (χ1) is 9.07. The van der Waals surface area contributed by atoms with Gasteiger partial charge in [-0.25, -0.2) is 4.79 Å². The summed E-state index contributed by atoms with van der Waals surface area (Å²) in [4.78, 5) is 11.3. The van der Waals surface area contributed by atoms with Gasteiger partial charge in [0.2, 0.25) is 0 Å². The molecule has 100 valence electrons. The van der Waals surface area contributed by atoms with E-state index < -0.39 is 5.97 Å². The summed E-state index contributed by atoms with van der Waals surface area (Å²) in [5.74, 6) is 0.343. The van der Waals surface area contributed by atoms with Crippen LogP contribution in [0.1, 0.15) is 5.56 Å². The molecule has 0 aliphatic rings. The van der Waals surface area contributed by atoms with Crippen LogP contribution in [0.5, 0.6) is 11.5 Å². The van der Waals surface area contributed by atoms with Gasteiger partial charge in [0, 0.05) is 0 Å². The highest BCUT2D eigenvalue weighted by atomic mass is 79.9. The minimum Gasteiger partial charge on any atom is -0.493 e. The maximum absolute atomic E-state index is 11.3. The van der Waals surface area contributed by atoms with E-state index in [2.05, 4.69) is 20.7 Å². The van der Waals surface area contributed by atoms with Crippen LogP contribution >= 0.6 is 15.9 Å². The quantitative estimate of drug-likeness (QED) is 0.483. The number of esters is 1. The van der Waals surface area contributed by atoms with Crippen LogP contribution in [0.4, 0.5) is 0 Å². The van der Waals surface area contributed by atoms with Gasteiger partial charge in [0.25, 0.3) is 0 Å². The van der Waals surface area contributed by atoms with Gasteiger partial charge in [-0.2, -0.15) is 5.26 Å². The Hall–Kier alpha value is -2.00. The summed E-state index contributed by atoms with van der Waals surface area (Å²) in [6.45, 7) is 0. The van der Waals surface area contributed by atoms with E-state index in [9.17, 15) is 4.79 Å². The first-order valence-electron chi connectivity index (χ1n) is 5.19. The molecule has 5 nitrogen and oxygen atoms in total. The van der Waals surface area contributed by atoms with Crippen molar-refractivity contribution in [1.82, 2.24) is 0 Å². The molecule has 0 amide bonds. The number of rotatable bonds is 4.